The third-order valence-corrected chi connectivity index (χ3v) is 3.95. The lowest BCUT2D eigenvalue weighted by atomic mass is 9.64. The quantitative estimate of drug-likeness (QED) is 0.871. The molecule has 1 fully saturated rings. The Morgan fingerprint density at radius 2 is 2.12 bits per heavy atom. The molecule has 0 saturated heterocycles. The zero-order valence-corrected chi connectivity index (χ0v) is 10.4. The van der Waals surface area contributed by atoms with Gasteiger partial charge < -0.3 is 10.2 Å². The number of aryl methyl sites for hydroxylation is 1. The molecule has 0 unspecified atom stereocenters. The molecule has 17 heavy (non-hydrogen) atoms. The number of aliphatic carboxylic acids is 1. The van der Waals surface area contributed by atoms with Crippen LogP contribution in [0.15, 0.2) is 12.1 Å². The molecule has 0 atom stereocenters. The molecule has 0 amide bonds. The molecular formula is C13H15ClO3. The Bertz CT molecular complexity index is 464. The van der Waals surface area contributed by atoms with Crippen molar-refractivity contribution in [1.29, 1.82) is 0 Å². The van der Waals surface area contributed by atoms with Crippen LogP contribution in [0, 0.1) is 0 Å². The highest BCUT2D eigenvalue weighted by Gasteiger charge is 2.47. The maximum Gasteiger partial charge on any atom is 0.314 e. The van der Waals surface area contributed by atoms with Crippen molar-refractivity contribution >= 4 is 17.6 Å². The Labute approximate surface area is 105 Å². The van der Waals surface area contributed by atoms with Gasteiger partial charge in [0, 0.05) is 5.56 Å². The highest BCUT2D eigenvalue weighted by Crippen LogP contribution is 2.49. The van der Waals surface area contributed by atoms with Crippen LogP contribution < -0.4 is 0 Å². The topological polar surface area (TPSA) is 57.5 Å². The van der Waals surface area contributed by atoms with Crippen molar-refractivity contribution in [2.24, 2.45) is 0 Å². The van der Waals surface area contributed by atoms with Crippen LogP contribution in [-0.2, 0) is 16.6 Å². The van der Waals surface area contributed by atoms with Crippen LogP contribution in [0.5, 0.6) is 5.75 Å². The number of carboxylic acid groups (broad SMARTS) is 1. The number of carboxylic acids is 1. The summed E-state index contributed by atoms with van der Waals surface area (Å²) in [7, 11) is 0. The number of hydrogen-bond acceptors (Lipinski definition) is 2. The van der Waals surface area contributed by atoms with Gasteiger partial charge in [-0.2, -0.15) is 0 Å². The van der Waals surface area contributed by atoms with Crippen molar-refractivity contribution < 1.29 is 15.0 Å². The first kappa shape index (κ1) is 12.2. The molecule has 0 bridgehead atoms. The summed E-state index contributed by atoms with van der Waals surface area (Å²) in [6.45, 7) is 1.97. The number of carbonyl (C=O) groups is 1. The third kappa shape index (κ3) is 1.78. The molecule has 0 spiro atoms. The molecule has 1 aromatic carbocycles. The molecular weight excluding hydrogens is 240 g/mol. The van der Waals surface area contributed by atoms with E-state index >= 15 is 0 Å². The second kappa shape index (κ2) is 4.22. The largest absolute Gasteiger partial charge is 0.506 e. The molecule has 92 valence electrons. The van der Waals surface area contributed by atoms with E-state index in [1.165, 1.54) is 0 Å². The zero-order chi connectivity index (χ0) is 12.6. The summed E-state index contributed by atoms with van der Waals surface area (Å²) in [5.74, 6) is -0.950. The number of phenolic OH excluding ortho intramolecular Hbond substituents is 1. The number of rotatable bonds is 3. The lowest BCUT2D eigenvalue weighted by molar-refractivity contribution is -0.147. The van der Waals surface area contributed by atoms with Crippen LogP contribution in [0.1, 0.15) is 37.3 Å². The SMILES string of the molecule is CCc1cc(Cl)c(O)c(C2(C(=O)O)CCC2)c1. The summed E-state index contributed by atoms with van der Waals surface area (Å²) in [4.78, 5) is 11.4. The summed E-state index contributed by atoms with van der Waals surface area (Å²) in [5, 5.41) is 19.6. The Kier molecular flexibility index (Phi) is 3.04. The molecule has 3 nitrogen and oxygen atoms in total. The van der Waals surface area contributed by atoms with E-state index in [2.05, 4.69) is 0 Å². The predicted molar refractivity (Wildman–Crippen MR) is 65.7 cm³/mol. The maximum absolute atomic E-state index is 11.4. The lowest BCUT2D eigenvalue weighted by Gasteiger charge is -2.38. The van der Waals surface area contributed by atoms with E-state index in [-0.39, 0.29) is 10.8 Å². The minimum atomic E-state index is -0.932. The van der Waals surface area contributed by atoms with Gasteiger partial charge in [0.1, 0.15) is 5.75 Å². The van der Waals surface area contributed by atoms with Crippen LogP contribution in [0.4, 0.5) is 0 Å². The fourth-order valence-corrected chi connectivity index (χ4v) is 2.59. The van der Waals surface area contributed by atoms with E-state index in [1.54, 1.807) is 12.1 Å². The van der Waals surface area contributed by atoms with E-state index in [0.29, 0.717) is 18.4 Å². The first-order valence-electron chi connectivity index (χ1n) is 5.76. The van der Waals surface area contributed by atoms with Gasteiger partial charge in [0.25, 0.3) is 0 Å². The van der Waals surface area contributed by atoms with Crippen molar-refractivity contribution in [3.8, 4) is 5.75 Å². The smallest absolute Gasteiger partial charge is 0.314 e. The second-order valence-corrected chi connectivity index (χ2v) is 4.98. The Balaban J connectivity index is 2.57. The number of halogens is 1. The fraction of sp³-hybridized carbons (Fsp3) is 0.462. The fourth-order valence-electron chi connectivity index (χ4n) is 2.35. The summed E-state index contributed by atoms with van der Waals surface area (Å²) in [6, 6.07) is 3.46. The monoisotopic (exact) mass is 254 g/mol. The second-order valence-electron chi connectivity index (χ2n) is 4.57. The highest BCUT2D eigenvalue weighted by atomic mass is 35.5. The standard InChI is InChI=1S/C13H15ClO3/c1-2-8-6-9(11(15)10(14)7-8)13(12(16)17)4-3-5-13/h6-7,15H,2-5H2,1H3,(H,16,17). The minimum absolute atomic E-state index is 0.0778. The average molecular weight is 255 g/mol. The minimum Gasteiger partial charge on any atom is -0.506 e. The van der Waals surface area contributed by atoms with E-state index in [0.717, 1.165) is 18.4 Å². The molecule has 0 radical (unpaired) electrons. The Morgan fingerprint density at radius 1 is 1.47 bits per heavy atom. The summed E-state index contributed by atoms with van der Waals surface area (Å²) >= 11 is 5.95. The van der Waals surface area contributed by atoms with E-state index in [9.17, 15) is 15.0 Å². The highest BCUT2D eigenvalue weighted by molar-refractivity contribution is 6.32. The summed E-state index contributed by atoms with van der Waals surface area (Å²) in [5.41, 5.74) is 0.495. The first-order chi connectivity index (χ1) is 8.01. The van der Waals surface area contributed by atoms with Crippen molar-refractivity contribution in [3.05, 3.63) is 28.3 Å². The van der Waals surface area contributed by atoms with Gasteiger partial charge in [0.2, 0.25) is 0 Å². The van der Waals surface area contributed by atoms with Gasteiger partial charge in [-0.3, -0.25) is 4.79 Å². The maximum atomic E-state index is 11.4. The zero-order valence-electron chi connectivity index (χ0n) is 9.66. The normalized spacial score (nSPS) is 17.5. The number of benzene rings is 1. The Hall–Kier alpha value is -1.22. The van der Waals surface area contributed by atoms with Gasteiger partial charge in [0.15, 0.2) is 0 Å². The average Bonchev–Trinajstić information content (AvgIpc) is 2.21. The van der Waals surface area contributed by atoms with E-state index in [4.69, 9.17) is 11.6 Å². The third-order valence-electron chi connectivity index (χ3n) is 3.66. The molecule has 1 aliphatic carbocycles. The molecule has 2 N–H and O–H groups in total. The van der Waals surface area contributed by atoms with Gasteiger partial charge in [0.05, 0.1) is 10.4 Å². The molecule has 1 aliphatic rings. The molecule has 2 rings (SSSR count). The van der Waals surface area contributed by atoms with Crippen molar-refractivity contribution in [2.75, 3.05) is 0 Å². The van der Waals surface area contributed by atoms with Crippen LogP contribution in [-0.4, -0.2) is 16.2 Å². The van der Waals surface area contributed by atoms with Crippen LogP contribution >= 0.6 is 11.6 Å². The van der Waals surface area contributed by atoms with E-state index in [1.807, 2.05) is 6.92 Å². The molecule has 4 heteroatoms. The Morgan fingerprint density at radius 3 is 2.53 bits per heavy atom. The summed E-state index contributed by atoms with van der Waals surface area (Å²) < 4.78 is 0. The van der Waals surface area contributed by atoms with Crippen LogP contribution in [0.2, 0.25) is 5.02 Å². The van der Waals surface area contributed by atoms with Gasteiger partial charge in [-0.05, 0) is 30.9 Å². The molecule has 0 aromatic heterocycles. The van der Waals surface area contributed by atoms with Crippen molar-refractivity contribution in [3.63, 3.8) is 0 Å². The van der Waals surface area contributed by atoms with Crippen molar-refractivity contribution in [2.45, 2.75) is 38.0 Å². The van der Waals surface area contributed by atoms with Crippen LogP contribution in [0.25, 0.3) is 0 Å². The summed E-state index contributed by atoms with van der Waals surface area (Å²) in [6.07, 6.45) is 2.78. The first-order valence-corrected chi connectivity index (χ1v) is 6.14. The van der Waals surface area contributed by atoms with Crippen molar-refractivity contribution in [1.82, 2.24) is 0 Å². The molecule has 0 heterocycles. The molecule has 1 aromatic rings. The molecule has 1 saturated carbocycles. The van der Waals surface area contributed by atoms with Gasteiger partial charge >= 0.3 is 5.97 Å². The number of hydrogen-bond donors (Lipinski definition) is 2. The van der Waals surface area contributed by atoms with Gasteiger partial charge in [-0.1, -0.05) is 31.0 Å². The van der Waals surface area contributed by atoms with E-state index < -0.39 is 11.4 Å². The van der Waals surface area contributed by atoms with Gasteiger partial charge in [-0.25, -0.2) is 0 Å². The lowest BCUT2D eigenvalue weighted by Crippen LogP contribution is -2.42. The predicted octanol–water partition coefficient (Wildman–Crippen LogP) is 3.11. The number of phenols is 1. The van der Waals surface area contributed by atoms with Gasteiger partial charge in [-0.15, -0.1) is 0 Å². The van der Waals surface area contributed by atoms with Crippen LogP contribution in [0.3, 0.4) is 0 Å². The molecule has 0 aliphatic heterocycles. The number of aromatic hydroxyl groups is 1.